The Morgan fingerprint density at radius 1 is 0.432 bits per heavy atom. The van der Waals surface area contributed by atoms with Crippen molar-refractivity contribution in [2.24, 2.45) is 0 Å². The maximum Gasteiger partial charge on any atom is 0.0988 e. The summed E-state index contributed by atoms with van der Waals surface area (Å²) in [5, 5.41) is 0. The van der Waals surface area contributed by atoms with E-state index in [0.29, 0.717) is 22.2 Å². The Hall–Kier alpha value is -0.360. The highest BCUT2D eigenvalue weighted by atomic mass is 79.9. The number of alkyl halides is 2. The second-order valence-corrected chi connectivity index (χ2v) is 15.9. The third-order valence-electron chi connectivity index (χ3n) is 10.0. The number of nitrogens with zero attached hydrogens (tertiary/aromatic N) is 4. The van der Waals surface area contributed by atoms with Gasteiger partial charge in [-0.1, -0.05) is 174 Å². The molecule has 2 aliphatic rings. The topological polar surface area (TPSA) is 13.0 Å². The summed E-state index contributed by atoms with van der Waals surface area (Å²) in [6.07, 6.45) is 43.1. The first-order valence-electron chi connectivity index (χ1n) is 19.2. The molecule has 0 N–H and O–H groups in total. The quantitative estimate of drug-likeness (QED) is 0.0429. The first kappa shape index (κ1) is 39.8. The van der Waals surface area contributed by atoms with Crippen LogP contribution in [0.25, 0.3) is 0 Å². The fraction of sp³-hybridized carbons (Fsp3) is 0.895. The molecule has 4 nitrogen and oxygen atoms in total. The lowest BCUT2D eigenvalue weighted by molar-refractivity contribution is 0.155. The molecule has 6 heteroatoms. The molecule has 2 heterocycles. The predicted octanol–water partition coefficient (Wildman–Crippen LogP) is 12.7. The van der Waals surface area contributed by atoms with Crippen molar-refractivity contribution >= 4 is 31.9 Å². The number of halogens is 2. The highest BCUT2D eigenvalue weighted by molar-refractivity contribution is 9.09. The van der Waals surface area contributed by atoms with Crippen molar-refractivity contribution in [2.75, 3.05) is 13.1 Å². The molecule has 0 fully saturated rings. The van der Waals surface area contributed by atoms with E-state index in [4.69, 9.17) is 0 Å². The van der Waals surface area contributed by atoms with Crippen molar-refractivity contribution in [3.8, 4) is 0 Å². The lowest BCUT2D eigenvalue weighted by atomic mass is 10.1. The molecule has 0 aromatic carbocycles. The summed E-state index contributed by atoms with van der Waals surface area (Å²) >= 11 is 8.01. The van der Waals surface area contributed by atoms with E-state index >= 15 is 0 Å². The fourth-order valence-corrected chi connectivity index (χ4v) is 8.44. The van der Waals surface area contributed by atoms with Gasteiger partial charge in [-0.05, 0) is 39.5 Å². The molecule has 258 valence electrons. The summed E-state index contributed by atoms with van der Waals surface area (Å²) in [7, 11) is 0. The first-order valence-corrected chi connectivity index (χ1v) is 21.0. The average molecular weight is 745 g/mol. The molecule has 0 saturated heterocycles. The van der Waals surface area contributed by atoms with Crippen LogP contribution in [0.3, 0.4) is 0 Å². The zero-order chi connectivity index (χ0) is 31.8. The summed E-state index contributed by atoms with van der Waals surface area (Å²) < 4.78 is 0. The Bertz CT molecular complexity index is 672. The molecule has 0 radical (unpaired) electrons. The van der Waals surface area contributed by atoms with E-state index in [2.05, 4.69) is 104 Å². The Morgan fingerprint density at radius 2 is 0.727 bits per heavy atom. The largest absolute Gasteiger partial charge is 0.356 e. The number of hydrogen-bond donors (Lipinski definition) is 0. The summed E-state index contributed by atoms with van der Waals surface area (Å²) in [5.74, 6) is 0. The monoisotopic (exact) mass is 742 g/mol. The second kappa shape index (κ2) is 25.7. The SMILES string of the molecule is CCCCCCCCCCN1C=CN(C(Br)CCCCCCCCC(Br)N2C=CN(CCCCCCCCCC)C2C)C1C. The lowest BCUT2D eigenvalue weighted by Gasteiger charge is -2.33. The molecule has 2 rings (SSSR count). The molecule has 0 aliphatic carbocycles. The highest BCUT2D eigenvalue weighted by Gasteiger charge is 2.27. The third-order valence-corrected chi connectivity index (χ3v) is 11.9. The molecule has 4 unspecified atom stereocenters. The molecule has 44 heavy (non-hydrogen) atoms. The van der Waals surface area contributed by atoms with Crippen molar-refractivity contribution in [1.82, 2.24) is 19.6 Å². The van der Waals surface area contributed by atoms with Crippen molar-refractivity contribution in [1.29, 1.82) is 0 Å². The highest BCUT2D eigenvalue weighted by Crippen LogP contribution is 2.28. The standard InChI is InChI=1S/C38H72Br2N4/c1-5-7-9-11-13-17-21-25-29-41-31-33-43(35(41)3)37(39)27-23-19-15-16-20-24-28-38(40)44-34-32-42(36(44)4)30-26-22-18-14-12-10-8-6-2/h31-38H,5-30H2,1-4H3. The minimum atomic E-state index is 0.456. The van der Waals surface area contributed by atoms with Crippen LogP contribution < -0.4 is 0 Å². The van der Waals surface area contributed by atoms with Crippen LogP contribution in [0, 0.1) is 0 Å². The van der Waals surface area contributed by atoms with Crippen LogP contribution >= 0.6 is 31.9 Å². The summed E-state index contributed by atoms with van der Waals surface area (Å²) in [6.45, 7) is 11.7. The third kappa shape index (κ3) is 16.5. The van der Waals surface area contributed by atoms with Gasteiger partial charge in [0.2, 0.25) is 0 Å². The molecule has 0 bridgehead atoms. The van der Waals surface area contributed by atoms with E-state index < -0.39 is 0 Å². The zero-order valence-electron chi connectivity index (χ0n) is 29.5. The van der Waals surface area contributed by atoms with Crippen molar-refractivity contribution in [2.45, 2.75) is 204 Å². The second-order valence-electron chi connectivity index (χ2n) is 13.7. The van der Waals surface area contributed by atoms with E-state index in [9.17, 15) is 0 Å². The van der Waals surface area contributed by atoms with E-state index in [-0.39, 0.29) is 0 Å². The van der Waals surface area contributed by atoms with Gasteiger partial charge in [-0.2, -0.15) is 0 Å². The Labute approximate surface area is 292 Å². The van der Waals surface area contributed by atoms with Gasteiger partial charge in [0.15, 0.2) is 0 Å². The average Bonchev–Trinajstić information content (AvgIpc) is 3.58. The minimum absolute atomic E-state index is 0.456. The smallest absolute Gasteiger partial charge is 0.0988 e. The maximum atomic E-state index is 4.01. The molecule has 0 aromatic heterocycles. The first-order chi connectivity index (χ1) is 21.5. The fourth-order valence-electron chi connectivity index (χ4n) is 6.83. The van der Waals surface area contributed by atoms with Gasteiger partial charge in [-0.3, -0.25) is 0 Å². The molecule has 0 saturated carbocycles. The Kier molecular flexibility index (Phi) is 23.3. The van der Waals surface area contributed by atoms with Gasteiger partial charge >= 0.3 is 0 Å². The lowest BCUT2D eigenvalue weighted by Crippen LogP contribution is -2.39. The number of hydrogen-bond acceptors (Lipinski definition) is 4. The number of rotatable bonds is 29. The molecular formula is C38H72Br2N4. The van der Waals surface area contributed by atoms with E-state index in [1.807, 2.05) is 0 Å². The van der Waals surface area contributed by atoms with Crippen LogP contribution in [-0.2, 0) is 0 Å². The zero-order valence-corrected chi connectivity index (χ0v) is 32.7. The summed E-state index contributed by atoms with van der Waals surface area (Å²) in [5.41, 5.74) is 0. The molecule has 4 atom stereocenters. The van der Waals surface area contributed by atoms with Crippen LogP contribution in [0.1, 0.15) is 182 Å². The van der Waals surface area contributed by atoms with Gasteiger partial charge < -0.3 is 19.6 Å². The van der Waals surface area contributed by atoms with E-state index in [1.54, 1.807) is 0 Å². The Morgan fingerprint density at radius 3 is 1.07 bits per heavy atom. The van der Waals surface area contributed by atoms with Crippen molar-refractivity contribution in [3.05, 3.63) is 24.8 Å². The van der Waals surface area contributed by atoms with Gasteiger partial charge in [0.1, 0.15) is 0 Å². The van der Waals surface area contributed by atoms with Crippen molar-refractivity contribution in [3.63, 3.8) is 0 Å². The van der Waals surface area contributed by atoms with E-state index in [0.717, 1.165) is 0 Å². The molecular weight excluding hydrogens is 672 g/mol. The summed E-state index contributed by atoms with van der Waals surface area (Å²) in [4.78, 5) is 11.0. The molecule has 0 aromatic rings. The van der Waals surface area contributed by atoms with E-state index in [1.165, 1.54) is 167 Å². The van der Waals surface area contributed by atoms with Crippen LogP contribution in [0.5, 0.6) is 0 Å². The minimum Gasteiger partial charge on any atom is -0.356 e. The van der Waals surface area contributed by atoms with Gasteiger partial charge in [0, 0.05) is 37.9 Å². The van der Waals surface area contributed by atoms with Gasteiger partial charge in [-0.15, -0.1) is 0 Å². The number of unbranched alkanes of at least 4 members (excludes halogenated alkanes) is 19. The van der Waals surface area contributed by atoms with Gasteiger partial charge in [0.25, 0.3) is 0 Å². The predicted molar refractivity (Wildman–Crippen MR) is 202 cm³/mol. The molecule has 0 amide bonds. The van der Waals surface area contributed by atoms with Crippen LogP contribution in [0.15, 0.2) is 24.8 Å². The molecule has 0 spiro atoms. The Balaban J connectivity index is 1.43. The normalized spacial score (nSPS) is 19.6. The van der Waals surface area contributed by atoms with Crippen LogP contribution in [0.2, 0.25) is 0 Å². The van der Waals surface area contributed by atoms with Gasteiger partial charge in [-0.25, -0.2) is 0 Å². The van der Waals surface area contributed by atoms with Crippen LogP contribution in [0.4, 0.5) is 0 Å². The maximum absolute atomic E-state index is 4.01. The van der Waals surface area contributed by atoms with Gasteiger partial charge in [0.05, 0.1) is 22.2 Å². The van der Waals surface area contributed by atoms with Crippen molar-refractivity contribution < 1.29 is 0 Å². The van der Waals surface area contributed by atoms with Crippen LogP contribution in [-0.4, -0.2) is 54.9 Å². The summed E-state index contributed by atoms with van der Waals surface area (Å²) in [6, 6.07) is 0. The molecule has 2 aliphatic heterocycles.